The fourth-order valence-electron chi connectivity index (χ4n) is 1.70. The van der Waals surface area contributed by atoms with E-state index in [4.69, 9.17) is 0 Å². The van der Waals surface area contributed by atoms with Crippen LogP contribution in [-0.4, -0.2) is 24.0 Å². The maximum atomic E-state index is 11.6. The predicted molar refractivity (Wildman–Crippen MR) is 54.5 cm³/mol. The summed E-state index contributed by atoms with van der Waals surface area (Å²) in [7, 11) is 0. The van der Waals surface area contributed by atoms with Gasteiger partial charge < -0.3 is 10.6 Å². The van der Waals surface area contributed by atoms with Crippen molar-refractivity contribution in [3.05, 3.63) is 22.9 Å². The van der Waals surface area contributed by atoms with Crippen molar-refractivity contribution in [1.29, 1.82) is 0 Å². The average Bonchev–Trinajstić information content (AvgIpc) is 2.27. The number of aromatic nitrogens is 1. The number of pyridine rings is 1. The molecular formula is C10H13N3O. The Kier molecular flexibility index (Phi) is 2.11. The molecule has 0 atom stereocenters. The van der Waals surface area contributed by atoms with Crippen LogP contribution in [-0.2, 0) is 0 Å². The standard InChI is InChI=1S/C10H13N3O/c1-6-5-7(2)13-9-8(6)10(14)12-4-3-11-9/h5H,3-4H2,1-2H3,(H,11,13)(H,12,14). The normalized spacial score (nSPS) is 15.1. The smallest absolute Gasteiger partial charge is 0.255 e. The Hall–Kier alpha value is -1.58. The molecule has 0 aromatic carbocycles. The zero-order chi connectivity index (χ0) is 10.1. The van der Waals surface area contributed by atoms with Crippen molar-refractivity contribution in [3.63, 3.8) is 0 Å². The number of aryl methyl sites for hydroxylation is 2. The van der Waals surface area contributed by atoms with Gasteiger partial charge in [0.1, 0.15) is 5.82 Å². The zero-order valence-corrected chi connectivity index (χ0v) is 8.35. The molecule has 1 aliphatic heterocycles. The molecule has 4 heteroatoms. The Bertz CT molecular complexity index is 387. The number of carbonyl (C=O) groups is 1. The van der Waals surface area contributed by atoms with Crippen LogP contribution in [0.2, 0.25) is 0 Å². The van der Waals surface area contributed by atoms with Gasteiger partial charge in [-0.1, -0.05) is 0 Å². The van der Waals surface area contributed by atoms with Gasteiger partial charge in [0, 0.05) is 18.8 Å². The molecule has 1 aliphatic rings. The van der Waals surface area contributed by atoms with Gasteiger partial charge in [-0.3, -0.25) is 4.79 Å². The highest BCUT2D eigenvalue weighted by Crippen LogP contribution is 2.19. The molecule has 2 rings (SSSR count). The van der Waals surface area contributed by atoms with Gasteiger partial charge in [-0.25, -0.2) is 4.98 Å². The van der Waals surface area contributed by atoms with Crippen LogP contribution in [0.1, 0.15) is 21.6 Å². The first-order valence-electron chi connectivity index (χ1n) is 4.69. The first kappa shape index (κ1) is 8.99. The van der Waals surface area contributed by atoms with Crippen molar-refractivity contribution in [1.82, 2.24) is 10.3 Å². The fraction of sp³-hybridized carbons (Fsp3) is 0.400. The van der Waals surface area contributed by atoms with Crippen molar-refractivity contribution in [2.24, 2.45) is 0 Å². The van der Waals surface area contributed by atoms with E-state index in [1.807, 2.05) is 19.9 Å². The van der Waals surface area contributed by atoms with Crippen molar-refractivity contribution >= 4 is 11.7 Å². The van der Waals surface area contributed by atoms with E-state index >= 15 is 0 Å². The summed E-state index contributed by atoms with van der Waals surface area (Å²) in [6.45, 7) is 5.24. The van der Waals surface area contributed by atoms with Crippen molar-refractivity contribution in [2.45, 2.75) is 13.8 Å². The third-order valence-corrected chi connectivity index (χ3v) is 2.27. The highest BCUT2D eigenvalue weighted by atomic mass is 16.1. The van der Waals surface area contributed by atoms with Gasteiger partial charge in [-0.2, -0.15) is 0 Å². The van der Waals surface area contributed by atoms with Crippen LogP contribution < -0.4 is 10.6 Å². The van der Waals surface area contributed by atoms with Gasteiger partial charge in [0.15, 0.2) is 0 Å². The minimum atomic E-state index is -0.0324. The molecule has 0 spiro atoms. The van der Waals surface area contributed by atoms with Crippen molar-refractivity contribution < 1.29 is 4.79 Å². The van der Waals surface area contributed by atoms with Crippen LogP contribution in [0.5, 0.6) is 0 Å². The van der Waals surface area contributed by atoms with E-state index in [-0.39, 0.29) is 5.91 Å². The molecule has 74 valence electrons. The molecule has 0 aliphatic carbocycles. The monoisotopic (exact) mass is 191 g/mol. The van der Waals surface area contributed by atoms with E-state index < -0.39 is 0 Å². The quantitative estimate of drug-likeness (QED) is 0.639. The van der Waals surface area contributed by atoms with E-state index in [9.17, 15) is 4.79 Å². The lowest BCUT2D eigenvalue weighted by Gasteiger charge is -2.08. The van der Waals surface area contributed by atoms with E-state index in [1.54, 1.807) is 0 Å². The second kappa shape index (κ2) is 3.29. The van der Waals surface area contributed by atoms with Gasteiger partial charge in [-0.15, -0.1) is 0 Å². The minimum absolute atomic E-state index is 0.0324. The number of nitrogens with zero attached hydrogens (tertiary/aromatic N) is 1. The summed E-state index contributed by atoms with van der Waals surface area (Å²) in [5.41, 5.74) is 2.58. The van der Waals surface area contributed by atoms with Gasteiger partial charge >= 0.3 is 0 Å². The Morgan fingerprint density at radius 1 is 1.29 bits per heavy atom. The first-order chi connectivity index (χ1) is 6.68. The molecule has 1 aromatic heterocycles. The number of carbonyl (C=O) groups excluding carboxylic acids is 1. The average molecular weight is 191 g/mol. The summed E-state index contributed by atoms with van der Waals surface area (Å²) in [4.78, 5) is 16.0. The number of hydrogen-bond acceptors (Lipinski definition) is 3. The largest absolute Gasteiger partial charge is 0.368 e. The molecule has 0 unspecified atom stereocenters. The van der Waals surface area contributed by atoms with Gasteiger partial charge in [-0.05, 0) is 25.5 Å². The highest BCUT2D eigenvalue weighted by molar-refractivity contribution is 6.00. The number of amides is 1. The molecule has 0 bridgehead atoms. The van der Waals surface area contributed by atoms with E-state index in [2.05, 4.69) is 15.6 Å². The molecule has 0 saturated carbocycles. The molecule has 0 fully saturated rings. The van der Waals surface area contributed by atoms with Crippen LogP contribution in [0.3, 0.4) is 0 Å². The Labute approximate surface area is 82.7 Å². The number of fused-ring (bicyclic) bond motifs is 1. The predicted octanol–water partition coefficient (Wildman–Crippen LogP) is 0.854. The maximum Gasteiger partial charge on any atom is 0.255 e. The third-order valence-electron chi connectivity index (χ3n) is 2.27. The fourth-order valence-corrected chi connectivity index (χ4v) is 1.70. The molecule has 14 heavy (non-hydrogen) atoms. The van der Waals surface area contributed by atoms with Crippen LogP contribution in [0.15, 0.2) is 6.07 Å². The second-order valence-electron chi connectivity index (χ2n) is 3.49. The lowest BCUT2D eigenvalue weighted by Crippen LogP contribution is -2.25. The summed E-state index contributed by atoms with van der Waals surface area (Å²) in [5.74, 6) is 0.674. The molecular weight excluding hydrogens is 178 g/mol. The molecule has 1 amide bonds. The van der Waals surface area contributed by atoms with E-state index in [1.165, 1.54) is 0 Å². The van der Waals surface area contributed by atoms with Crippen molar-refractivity contribution in [2.75, 3.05) is 18.4 Å². The minimum Gasteiger partial charge on any atom is -0.368 e. The molecule has 2 N–H and O–H groups in total. The molecule has 0 radical (unpaired) electrons. The van der Waals surface area contributed by atoms with Crippen LogP contribution in [0, 0.1) is 13.8 Å². The van der Waals surface area contributed by atoms with E-state index in [0.29, 0.717) is 17.9 Å². The molecule has 1 aromatic rings. The zero-order valence-electron chi connectivity index (χ0n) is 8.35. The van der Waals surface area contributed by atoms with E-state index in [0.717, 1.165) is 17.8 Å². The van der Waals surface area contributed by atoms with Crippen LogP contribution in [0.4, 0.5) is 5.82 Å². The second-order valence-corrected chi connectivity index (χ2v) is 3.49. The van der Waals surface area contributed by atoms with Crippen LogP contribution >= 0.6 is 0 Å². The highest BCUT2D eigenvalue weighted by Gasteiger charge is 2.18. The Morgan fingerprint density at radius 2 is 2.00 bits per heavy atom. The molecule has 0 saturated heterocycles. The lowest BCUT2D eigenvalue weighted by atomic mass is 10.1. The number of rotatable bonds is 0. The summed E-state index contributed by atoms with van der Waals surface area (Å²) in [6.07, 6.45) is 0. The molecule has 2 heterocycles. The Morgan fingerprint density at radius 3 is 2.79 bits per heavy atom. The van der Waals surface area contributed by atoms with Gasteiger partial charge in [0.05, 0.1) is 5.56 Å². The van der Waals surface area contributed by atoms with Crippen molar-refractivity contribution in [3.8, 4) is 0 Å². The Balaban J connectivity index is 2.58. The maximum absolute atomic E-state index is 11.6. The summed E-state index contributed by atoms with van der Waals surface area (Å²) >= 11 is 0. The lowest BCUT2D eigenvalue weighted by molar-refractivity contribution is 0.0957. The summed E-state index contributed by atoms with van der Waals surface area (Å²) in [5, 5.41) is 5.96. The number of hydrogen-bond donors (Lipinski definition) is 2. The molecule has 4 nitrogen and oxygen atoms in total. The van der Waals surface area contributed by atoms with Crippen LogP contribution in [0.25, 0.3) is 0 Å². The summed E-state index contributed by atoms with van der Waals surface area (Å²) in [6, 6.07) is 1.92. The first-order valence-corrected chi connectivity index (χ1v) is 4.69. The summed E-state index contributed by atoms with van der Waals surface area (Å²) < 4.78 is 0. The topological polar surface area (TPSA) is 54.0 Å². The SMILES string of the molecule is Cc1cc(C)c2c(n1)NCCNC2=O. The third kappa shape index (κ3) is 1.43. The number of anilines is 1. The van der Waals surface area contributed by atoms with Gasteiger partial charge in [0.25, 0.3) is 5.91 Å². The van der Waals surface area contributed by atoms with Gasteiger partial charge in [0.2, 0.25) is 0 Å². The number of nitrogens with one attached hydrogen (secondary N) is 2.